The average Bonchev–Trinajstić information content (AvgIpc) is 2.27. The maximum absolute atomic E-state index is 12.8. The lowest BCUT2D eigenvalue weighted by Gasteiger charge is -2.29. The molecule has 0 aromatic heterocycles. The summed E-state index contributed by atoms with van der Waals surface area (Å²) in [5.41, 5.74) is 0.292. The Hall–Kier alpha value is -0.930. The molecule has 17 heavy (non-hydrogen) atoms. The summed E-state index contributed by atoms with van der Waals surface area (Å²) in [6.07, 6.45) is 0. The van der Waals surface area contributed by atoms with Crippen molar-refractivity contribution in [3.63, 3.8) is 0 Å². The zero-order valence-corrected chi connectivity index (χ0v) is 11.0. The van der Waals surface area contributed by atoms with Crippen LogP contribution in [-0.4, -0.2) is 17.3 Å². The Labute approximate surface area is 103 Å². The second-order valence-corrected chi connectivity index (χ2v) is 5.17. The molecule has 96 valence electrons. The first-order valence-electron chi connectivity index (χ1n) is 6.04. The van der Waals surface area contributed by atoms with E-state index in [2.05, 4.69) is 5.32 Å². The predicted octanol–water partition coefficient (Wildman–Crippen LogP) is 2.88. The molecular formula is C14H22FNO. The van der Waals surface area contributed by atoms with Crippen molar-refractivity contribution in [2.45, 2.75) is 39.3 Å². The molecule has 2 nitrogen and oxygen atoms in total. The van der Waals surface area contributed by atoms with Crippen LogP contribution in [0.2, 0.25) is 0 Å². The zero-order chi connectivity index (χ0) is 13.1. The van der Waals surface area contributed by atoms with E-state index >= 15 is 0 Å². The summed E-state index contributed by atoms with van der Waals surface area (Å²) in [5.74, 6) is -0.0365. The molecule has 0 aliphatic heterocycles. The number of rotatable bonds is 5. The molecule has 1 rings (SSSR count). The van der Waals surface area contributed by atoms with Crippen molar-refractivity contribution in [1.29, 1.82) is 0 Å². The minimum Gasteiger partial charge on any atom is -0.389 e. The summed E-state index contributed by atoms with van der Waals surface area (Å²) in [7, 11) is 0. The van der Waals surface area contributed by atoms with Gasteiger partial charge >= 0.3 is 0 Å². The van der Waals surface area contributed by atoms with E-state index in [9.17, 15) is 9.50 Å². The molecule has 0 aliphatic carbocycles. The van der Waals surface area contributed by atoms with E-state index in [1.165, 1.54) is 12.1 Å². The molecule has 1 aromatic rings. The number of aliphatic hydroxyl groups is 1. The molecule has 0 radical (unpaired) electrons. The van der Waals surface area contributed by atoms with Gasteiger partial charge < -0.3 is 10.4 Å². The monoisotopic (exact) mass is 239 g/mol. The van der Waals surface area contributed by atoms with Crippen LogP contribution in [-0.2, 0) is 0 Å². The third-order valence-electron chi connectivity index (χ3n) is 3.38. The van der Waals surface area contributed by atoms with E-state index in [0.717, 1.165) is 5.56 Å². The van der Waals surface area contributed by atoms with Crippen molar-refractivity contribution in [2.75, 3.05) is 6.54 Å². The molecule has 2 atom stereocenters. The largest absolute Gasteiger partial charge is 0.389 e. The van der Waals surface area contributed by atoms with Gasteiger partial charge in [-0.25, -0.2) is 4.39 Å². The molecule has 0 amide bonds. The Morgan fingerprint density at radius 3 is 2.24 bits per heavy atom. The van der Waals surface area contributed by atoms with Crippen LogP contribution in [0.3, 0.4) is 0 Å². The van der Waals surface area contributed by atoms with Gasteiger partial charge in [-0.1, -0.05) is 26.0 Å². The lowest BCUT2D eigenvalue weighted by molar-refractivity contribution is 0.0122. The second kappa shape index (κ2) is 5.61. The quantitative estimate of drug-likeness (QED) is 0.828. The van der Waals surface area contributed by atoms with E-state index in [1.807, 2.05) is 27.7 Å². The topological polar surface area (TPSA) is 32.3 Å². The van der Waals surface area contributed by atoms with Gasteiger partial charge in [0.25, 0.3) is 0 Å². The number of halogens is 1. The highest BCUT2D eigenvalue weighted by Crippen LogP contribution is 2.18. The van der Waals surface area contributed by atoms with Crippen molar-refractivity contribution < 1.29 is 9.50 Å². The fourth-order valence-corrected chi connectivity index (χ4v) is 1.43. The standard InChI is InChI=1S/C14H22FNO/c1-10(2)14(4,17)9-16-11(3)12-5-7-13(15)8-6-12/h5-8,10-11,16-17H,9H2,1-4H3. The summed E-state index contributed by atoms with van der Waals surface area (Å²) >= 11 is 0. The summed E-state index contributed by atoms with van der Waals surface area (Å²) < 4.78 is 12.8. The number of benzene rings is 1. The van der Waals surface area contributed by atoms with Gasteiger partial charge in [0.1, 0.15) is 5.82 Å². The van der Waals surface area contributed by atoms with Gasteiger partial charge in [-0.05, 0) is 37.5 Å². The van der Waals surface area contributed by atoms with Crippen LogP contribution in [0.5, 0.6) is 0 Å². The van der Waals surface area contributed by atoms with Gasteiger partial charge in [-0.2, -0.15) is 0 Å². The summed E-state index contributed by atoms with van der Waals surface area (Å²) in [6.45, 7) is 8.32. The van der Waals surface area contributed by atoms with Crippen molar-refractivity contribution >= 4 is 0 Å². The normalized spacial score (nSPS) is 16.9. The van der Waals surface area contributed by atoms with E-state index < -0.39 is 5.60 Å². The molecule has 0 fully saturated rings. The van der Waals surface area contributed by atoms with E-state index in [4.69, 9.17) is 0 Å². The third kappa shape index (κ3) is 4.10. The first-order chi connectivity index (χ1) is 7.83. The van der Waals surface area contributed by atoms with E-state index in [1.54, 1.807) is 12.1 Å². The lowest BCUT2D eigenvalue weighted by atomic mass is 9.92. The fraction of sp³-hybridized carbons (Fsp3) is 0.571. The molecule has 3 heteroatoms. The predicted molar refractivity (Wildman–Crippen MR) is 68.3 cm³/mol. The van der Waals surface area contributed by atoms with Crippen LogP contribution >= 0.6 is 0 Å². The third-order valence-corrected chi connectivity index (χ3v) is 3.38. The summed E-state index contributed by atoms with van der Waals surface area (Å²) in [4.78, 5) is 0. The first kappa shape index (κ1) is 14.1. The molecule has 0 spiro atoms. The van der Waals surface area contributed by atoms with Gasteiger partial charge in [0, 0.05) is 12.6 Å². The Kier molecular flexibility index (Phi) is 4.66. The highest BCUT2D eigenvalue weighted by molar-refractivity contribution is 5.19. The molecule has 2 unspecified atom stereocenters. The fourth-order valence-electron chi connectivity index (χ4n) is 1.43. The summed E-state index contributed by atoms with van der Waals surface area (Å²) in [6, 6.07) is 6.52. The Morgan fingerprint density at radius 1 is 1.24 bits per heavy atom. The molecule has 0 saturated carbocycles. The van der Waals surface area contributed by atoms with Gasteiger partial charge in [-0.3, -0.25) is 0 Å². The summed E-state index contributed by atoms with van der Waals surface area (Å²) in [5, 5.41) is 13.4. The molecule has 0 bridgehead atoms. The van der Waals surface area contributed by atoms with Crippen molar-refractivity contribution in [3.8, 4) is 0 Å². The molecule has 2 N–H and O–H groups in total. The van der Waals surface area contributed by atoms with Crippen molar-refractivity contribution in [1.82, 2.24) is 5.32 Å². The molecule has 1 aromatic carbocycles. The van der Waals surface area contributed by atoms with Crippen LogP contribution < -0.4 is 5.32 Å². The van der Waals surface area contributed by atoms with Gasteiger partial charge in [0.15, 0.2) is 0 Å². The number of hydrogen-bond donors (Lipinski definition) is 2. The van der Waals surface area contributed by atoms with Gasteiger partial charge in [0.05, 0.1) is 5.60 Å². The van der Waals surface area contributed by atoms with Crippen LogP contribution in [0.1, 0.15) is 39.3 Å². The average molecular weight is 239 g/mol. The second-order valence-electron chi connectivity index (χ2n) is 5.17. The Bertz CT molecular complexity index is 346. The van der Waals surface area contributed by atoms with Crippen LogP contribution in [0.15, 0.2) is 24.3 Å². The minimum absolute atomic E-state index is 0.0980. The highest BCUT2D eigenvalue weighted by Gasteiger charge is 2.25. The first-order valence-corrected chi connectivity index (χ1v) is 6.04. The molecule has 0 saturated heterocycles. The van der Waals surface area contributed by atoms with Crippen LogP contribution in [0.25, 0.3) is 0 Å². The van der Waals surface area contributed by atoms with Crippen molar-refractivity contribution in [3.05, 3.63) is 35.6 Å². The smallest absolute Gasteiger partial charge is 0.123 e. The Balaban J connectivity index is 2.55. The lowest BCUT2D eigenvalue weighted by Crippen LogP contribution is -2.42. The maximum atomic E-state index is 12.8. The van der Waals surface area contributed by atoms with Gasteiger partial charge in [0.2, 0.25) is 0 Å². The van der Waals surface area contributed by atoms with Crippen LogP contribution in [0, 0.1) is 11.7 Å². The molecular weight excluding hydrogens is 217 g/mol. The minimum atomic E-state index is -0.728. The number of nitrogens with one attached hydrogen (secondary N) is 1. The SMILES string of the molecule is CC(NCC(C)(O)C(C)C)c1ccc(F)cc1. The van der Waals surface area contributed by atoms with Crippen molar-refractivity contribution in [2.24, 2.45) is 5.92 Å². The molecule has 0 heterocycles. The van der Waals surface area contributed by atoms with Crippen LogP contribution in [0.4, 0.5) is 4.39 Å². The highest BCUT2D eigenvalue weighted by atomic mass is 19.1. The Morgan fingerprint density at radius 2 is 1.76 bits per heavy atom. The van der Waals surface area contributed by atoms with Gasteiger partial charge in [-0.15, -0.1) is 0 Å². The molecule has 0 aliphatic rings. The van der Waals surface area contributed by atoms with E-state index in [-0.39, 0.29) is 17.8 Å². The van der Waals surface area contributed by atoms with E-state index in [0.29, 0.717) is 6.54 Å². The zero-order valence-electron chi connectivity index (χ0n) is 11.0. The number of hydrogen-bond acceptors (Lipinski definition) is 2. The maximum Gasteiger partial charge on any atom is 0.123 e.